The Morgan fingerprint density at radius 3 is 2.58 bits per heavy atom. The molecule has 3 N–H and O–H groups in total. The number of aliphatic carboxylic acids is 1. The zero-order valence-electron chi connectivity index (χ0n) is 14.1. The molecule has 1 aliphatic rings. The molecule has 1 aromatic heterocycles. The molecule has 11 nitrogen and oxygen atoms in total. The first-order valence-corrected chi connectivity index (χ1v) is 8.76. The number of allylic oxidation sites excluding steroid dienone is 2. The maximum absolute atomic E-state index is 12.6. The van der Waals surface area contributed by atoms with Crippen LogP contribution in [0.3, 0.4) is 0 Å². The molecule has 140 valence electrons. The van der Waals surface area contributed by atoms with Crippen LogP contribution in [0.2, 0.25) is 0 Å². The van der Waals surface area contributed by atoms with Crippen molar-refractivity contribution in [3.8, 4) is 6.01 Å². The van der Waals surface area contributed by atoms with Crippen LogP contribution < -0.4 is 14.8 Å². The Bertz CT molecular complexity index is 897. The number of carboxylic acids is 1. The summed E-state index contributed by atoms with van der Waals surface area (Å²) in [7, 11) is -3.09. The number of anilines is 1. The number of methoxy groups -OCH3 is 1. The summed E-state index contributed by atoms with van der Waals surface area (Å²) in [5.74, 6) is -2.68. The van der Waals surface area contributed by atoms with Crippen molar-refractivity contribution in [2.45, 2.75) is 18.6 Å². The van der Waals surface area contributed by atoms with Crippen molar-refractivity contribution in [2.24, 2.45) is 5.92 Å². The van der Waals surface area contributed by atoms with Gasteiger partial charge in [0.15, 0.2) is 0 Å². The summed E-state index contributed by atoms with van der Waals surface area (Å²) < 4.78 is 30.0. The number of sulfonamides is 1. The molecule has 0 spiro atoms. The number of aromatic nitrogens is 3. The second-order valence-corrected chi connectivity index (χ2v) is 7.59. The van der Waals surface area contributed by atoms with Gasteiger partial charge in [0.25, 0.3) is 0 Å². The van der Waals surface area contributed by atoms with Crippen molar-refractivity contribution in [1.29, 1.82) is 0 Å². The van der Waals surface area contributed by atoms with Crippen molar-refractivity contribution in [3.63, 3.8) is 0 Å². The van der Waals surface area contributed by atoms with Crippen molar-refractivity contribution in [2.75, 3.05) is 12.4 Å². The summed E-state index contributed by atoms with van der Waals surface area (Å²) in [6, 6.07) is -1.21. The first kappa shape index (κ1) is 19.3. The highest BCUT2D eigenvalue weighted by molar-refractivity contribution is 7.91. The van der Waals surface area contributed by atoms with Crippen LogP contribution in [0, 0.1) is 12.8 Å². The van der Waals surface area contributed by atoms with Crippen molar-refractivity contribution < 1.29 is 27.9 Å². The molecule has 2 unspecified atom stereocenters. The van der Waals surface area contributed by atoms with Gasteiger partial charge in [-0.1, -0.05) is 24.3 Å². The third-order valence-electron chi connectivity index (χ3n) is 3.67. The monoisotopic (exact) mass is 383 g/mol. The Morgan fingerprint density at radius 1 is 1.27 bits per heavy atom. The second kappa shape index (κ2) is 7.07. The van der Waals surface area contributed by atoms with E-state index in [1.54, 1.807) is 4.72 Å². The third kappa shape index (κ3) is 3.79. The maximum atomic E-state index is 12.6. The van der Waals surface area contributed by atoms with Gasteiger partial charge >= 0.3 is 18.0 Å². The minimum atomic E-state index is -4.41. The van der Waals surface area contributed by atoms with Crippen molar-refractivity contribution in [1.82, 2.24) is 19.7 Å². The summed E-state index contributed by atoms with van der Waals surface area (Å²) in [4.78, 5) is 34.9. The fourth-order valence-corrected chi connectivity index (χ4v) is 3.55. The molecule has 26 heavy (non-hydrogen) atoms. The highest BCUT2D eigenvalue weighted by atomic mass is 32.2. The van der Waals surface area contributed by atoms with E-state index in [2.05, 4.69) is 20.3 Å². The zero-order chi connectivity index (χ0) is 19.5. The maximum Gasteiger partial charge on any atom is 0.335 e. The molecule has 0 saturated heterocycles. The summed E-state index contributed by atoms with van der Waals surface area (Å²) in [5, 5.41) is 11.4. The standard InChI is InChI=1S/C14H17N5O6S/c1-8-15-11(18-13(16-8)25-3)17-12(22)19-26(23,24)14(2)7-5-4-6-9(14)10(20)21/h4-7,9H,1-3H3,(H,20,21)(H2,15,16,17,18,19,22). The van der Waals surface area contributed by atoms with Crippen LogP contribution in [-0.4, -0.2) is 52.3 Å². The number of carbonyl (C=O) groups is 2. The molecule has 2 atom stereocenters. The number of urea groups is 1. The van der Waals surface area contributed by atoms with E-state index in [0.717, 1.165) is 0 Å². The molecule has 0 bridgehead atoms. The van der Waals surface area contributed by atoms with Gasteiger partial charge in [0, 0.05) is 0 Å². The number of carboxylic acid groups (broad SMARTS) is 1. The molecule has 1 heterocycles. The predicted molar refractivity (Wildman–Crippen MR) is 90.0 cm³/mol. The van der Waals surface area contributed by atoms with E-state index in [-0.39, 0.29) is 17.8 Å². The predicted octanol–water partition coefficient (Wildman–Crippen LogP) is 0.225. The number of aryl methyl sites for hydroxylation is 1. The Labute approximate surface area is 149 Å². The SMILES string of the molecule is COc1nc(C)nc(NC(=O)NS(=O)(=O)C2(C)C=CC=CC2C(=O)O)n1. The van der Waals surface area contributed by atoms with Gasteiger partial charge in [-0.05, 0) is 13.8 Å². The highest BCUT2D eigenvalue weighted by Gasteiger charge is 2.48. The number of ether oxygens (including phenoxy) is 1. The quantitative estimate of drug-likeness (QED) is 0.646. The molecular weight excluding hydrogens is 366 g/mol. The van der Waals surface area contributed by atoms with E-state index in [1.165, 1.54) is 45.3 Å². The molecule has 2 rings (SSSR count). The van der Waals surface area contributed by atoms with E-state index in [1.807, 2.05) is 0 Å². The third-order valence-corrected chi connectivity index (χ3v) is 5.67. The molecule has 0 radical (unpaired) electrons. The Morgan fingerprint density at radius 2 is 1.96 bits per heavy atom. The van der Waals surface area contributed by atoms with Crippen LogP contribution in [0.15, 0.2) is 24.3 Å². The largest absolute Gasteiger partial charge is 0.481 e. The average molecular weight is 383 g/mol. The first-order valence-electron chi connectivity index (χ1n) is 7.28. The molecule has 1 aromatic rings. The van der Waals surface area contributed by atoms with Gasteiger partial charge in [0.2, 0.25) is 16.0 Å². The Kier molecular flexibility index (Phi) is 5.25. The normalized spacial score (nSPS) is 21.9. The van der Waals surface area contributed by atoms with Crippen molar-refractivity contribution >= 4 is 28.0 Å². The molecule has 1 aliphatic carbocycles. The van der Waals surface area contributed by atoms with E-state index in [0.29, 0.717) is 0 Å². The minimum absolute atomic E-state index is 0.0612. The van der Waals surface area contributed by atoms with Crippen molar-refractivity contribution in [3.05, 3.63) is 30.1 Å². The van der Waals surface area contributed by atoms with Gasteiger partial charge < -0.3 is 9.84 Å². The summed E-state index contributed by atoms with van der Waals surface area (Å²) >= 11 is 0. The number of amides is 2. The number of carbonyl (C=O) groups excluding carboxylic acids is 1. The number of rotatable bonds is 5. The summed E-state index contributed by atoms with van der Waals surface area (Å²) in [5.41, 5.74) is 0. The van der Waals surface area contributed by atoms with Gasteiger partial charge in [-0.2, -0.15) is 15.0 Å². The number of hydrogen-bond acceptors (Lipinski definition) is 8. The van der Waals surface area contributed by atoms with E-state index in [9.17, 15) is 23.1 Å². The summed E-state index contributed by atoms with van der Waals surface area (Å²) in [6.45, 7) is 2.74. The van der Waals surface area contributed by atoms with Crippen LogP contribution in [0.1, 0.15) is 12.7 Å². The van der Waals surface area contributed by atoms with Gasteiger partial charge in [0.05, 0.1) is 13.0 Å². The lowest BCUT2D eigenvalue weighted by atomic mass is 9.89. The fourth-order valence-electron chi connectivity index (χ4n) is 2.26. The average Bonchev–Trinajstić information content (AvgIpc) is 2.53. The fraction of sp³-hybridized carbons (Fsp3) is 0.357. The van der Waals surface area contributed by atoms with Gasteiger partial charge in [0.1, 0.15) is 10.6 Å². The van der Waals surface area contributed by atoms with E-state index >= 15 is 0 Å². The lowest BCUT2D eigenvalue weighted by Crippen LogP contribution is -2.52. The topological polar surface area (TPSA) is 160 Å². The van der Waals surface area contributed by atoms with Gasteiger partial charge in [-0.3, -0.25) is 10.1 Å². The zero-order valence-corrected chi connectivity index (χ0v) is 14.9. The van der Waals surface area contributed by atoms with Crippen LogP contribution in [0.25, 0.3) is 0 Å². The number of nitrogens with zero attached hydrogens (tertiary/aromatic N) is 3. The van der Waals surface area contributed by atoms with E-state index in [4.69, 9.17) is 4.74 Å². The molecular formula is C14H17N5O6S. The molecule has 12 heteroatoms. The molecule has 0 saturated carbocycles. The molecule has 0 aromatic carbocycles. The minimum Gasteiger partial charge on any atom is -0.481 e. The number of nitrogens with one attached hydrogen (secondary N) is 2. The van der Waals surface area contributed by atoms with Crippen LogP contribution in [0.4, 0.5) is 10.7 Å². The molecule has 2 amide bonds. The smallest absolute Gasteiger partial charge is 0.335 e. The Hall–Kier alpha value is -3.02. The highest BCUT2D eigenvalue weighted by Crippen LogP contribution is 2.32. The van der Waals surface area contributed by atoms with Crippen LogP contribution >= 0.6 is 0 Å². The van der Waals surface area contributed by atoms with Crippen LogP contribution in [0.5, 0.6) is 6.01 Å². The lowest BCUT2D eigenvalue weighted by Gasteiger charge is -2.31. The molecule has 0 fully saturated rings. The number of hydrogen-bond donors (Lipinski definition) is 3. The summed E-state index contributed by atoms with van der Waals surface area (Å²) in [6.07, 6.45) is 5.27. The Balaban J connectivity index is 2.22. The van der Waals surface area contributed by atoms with Gasteiger partial charge in [-0.15, -0.1) is 0 Å². The molecule has 0 aliphatic heterocycles. The van der Waals surface area contributed by atoms with Gasteiger partial charge in [-0.25, -0.2) is 17.9 Å². The first-order chi connectivity index (χ1) is 12.1. The second-order valence-electron chi connectivity index (χ2n) is 5.50. The van der Waals surface area contributed by atoms with E-state index < -0.39 is 32.7 Å². The van der Waals surface area contributed by atoms with Crippen LogP contribution in [-0.2, 0) is 14.8 Å². The lowest BCUT2D eigenvalue weighted by molar-refractivity contribution is -0.140.